The van der Waals surface area contributed by atoms with E-state index in [1.54, 1.807) is 6.08 Å². The molecule has 3 nitrogen and oxygen atoms in total. The molecule has 0 aromatic rings. The van der Waals surface area contributed by atoms with E-state index in [9.17, 15) is 15.0 Å². The monoisotopic (exact) mass is 318 g/mol. The van der Waals surface area contributed by atoms with Crippen LogP contribution in [0, 0.1) is 28.6 Å². The third-order valence-electron chi connectivity index (χ3n) is 8.54. The van der Waals surface area contributed by atoms with Crippen molar-refractivity contribution in [1.82, 2.24) is 0 Å². The van der Waals surface area contributed by atoms with Crippen molar-refractivity contribution in [2.24, 2.45) is 28.6 Å². The Morgan fingerprint density at radius 1 is 1.09 bits per heavy atom. The lowest BCUT2D eigenvalue weighted by atomic mass is 9.46. The average molecular weight is 318 g/mol. The fourth-order valence-corrected chi connectivity index (χ4v) is 6.85. The number of ketones is 1. The van der Waals surface area contributed by atoms with Crippen molar-refractivity contribution in [3.63, 3.8) is 0 Å². The van der Waals surface area contributed by atoms with E-state index in [1.165, 1.54) is 0 Å². The SMILES string of the molecule is C[C@]12CCC(=O)C=C1[C@H](O)C[C@@H]1[C@@H]2CC[C@]2(C)[C@H]1CC[C@]2(C)O. The standard InChI is InChI=1S/C20H30O3/c1-18-7-4-12(21)10-16(18)17(22)11-13-14(18)5-8-19(2)15(13)6-9-20(19,3)23/h10,13-15,17,22-23H,4-9,11H2,1-3H3/t13-,14+,15+,17-,18-,19-,20+/m1/s1. The van der Waals surface area contributed by atoms with Crippen molar-refractivity contribution >= 4 is 5.78 Å². The normalized spacial score (nSPS) is 55.7. The minimum atomic E-state index is -0.576. The van der Waals surface area contributed by atoms with Gasteiger partial charge >= 0.3 is 0 Å². The molecule has 4 aliphatic carbocycles. The van der Waals surface area contributed by atoms with Crippen molar-refractivity contribution < 1.29 is 15.0 Å². The third-order valence-corrected chi connectivity index (χ3v) is 8.54. The Morgan fingerprint density at radius 3 is 2.52 bits per heavy atom. The minimum absolute atomic E-state index is 0.0179. The first-order valence-electron chi connectivity index (χ1n) is 9.34. The molecular formula is C20H30O3. The summed E-state index contributed by atoms with van der Waals surface area (Å²) in [5.41, 5.74) is 0.387. The number of carbonyl (C=O) groups excluding carboxylic acids is 1. The molecule has 7 atom stereocenters. The molecule has 4 aliphatic rings. The van der Waals surface area contributed by atoms with E-state index >= 15 is 0 Å². The summed E-state index contributed by atoms with van der Waals surface area (Å²) in [4.78, 5) is 11.9. The molecule has 0 amide bonds. The number of aliphatic hydroxyl groups excluding tert-OH is 1. The van der Waals surface area contributed by atoms with Gasteiger partial charge in [0.25, 0.3) is 0 Å². The van der Waals surface area contributed by atoms with E-state index < -0.39 is 11.7 Å². The summed E-state index contributed by atoms with van der Waals surface area (Å²) in [6, 6.07) is 0. The van der Waals surface area contributed by atoms with Crippen LogP contribution in [0.5, 0.6) is 0 Å². The Kier molecular flexibility index (Phi) is 3.23. The zero-order chi connectivity index (χ0) is 16.6. The van der Waals surface area contributed by atoms with Gasteiger partial charge in [-0.1, -0.05) is 13.8 Å². The summed E-state index contributed by atoms with van der Waals surface area (Å²) in [5.74, 6) is 1.71. The van der Waals surface area contributed by atoms with Crippen molar-refractivity contribution in [3.05, 3.63) is 11.6 Å². The second-order valence-electron chi connectivity index (χ2n) is 9.38. The maximum absolute atomic E-state index is 11.9. The zero-order valence-electron chi connectivity index (χ0n) is 14.6. The average Bonchev–Trinajstić information content (AvgIpc) is 2.72. The van der Waals surface area contributed by atoms with Gasteiger partial charge < -0.3 is 10.2 Å². The highest BCUT2D eigenvalue weighted by atomic mass is 16.3. The quantitative estimate of drug-likeness (QED) is 0.721. The van der Waals surface area contributed by atoms with Gasteiger partial charge in [0.1, 0.15) is 0 Å². The second kappa shape index (κ2) is 4.70. The van der Waals surface area contributed by atoms with Crippen LogP contribution in [-0.4, -0.2) is 27.7 Å². The minimum Gasteiger partial charge on any atom is -0.390 e. The van der Waals surface area contributed by atoms with E-state index in [-0.39, 0.29) is 16.6 Å². The molecule has 0 unspecified atom stereocenters. The molecule has 3 fully saturated rings. The van der Waals surface area contributed by atoms with E-state index in [2.05, 4.69) is 13.8 Å². The van der Waals surface area contributed by atoms with Crippen molar-refractivity contribution in [3.8, 4) is 0 Å². The van der Waals surface area contributed by atoms with E-state index in [1.807, 2.05) is 6.92 Å². The first-order chi connectivity index (χ1) is 10.7. The summed E-state index contributed by atoms with van der Waals surface area (Å²) < 4.78 is 0. The van der Waals surface area contributed by atoms with Gasteiger partial charge in [-0.15, -0.1) is 0 Å². The van der Waals surface area contributed by atoms with E-state index in [0.29, 0.717) is 24.2 Å². The molecule has 0 bridgehead atoms. The summed E-state index contributed by atoms with van der Waals surface area (Å²) in [5, 5.41) is 21.7. The highest BCUT2D eigenvalue weighted by Crippen LogP contribution is 2.67. The van der Waals surface area contributed by atoms with Crippen LogP contribution in [0.2, 0.25) is 0 Å². The van der Waals surface area contributed by atoms with Crippen molar-refractivity contribution in [1.29, 1.82) is 0 Å². The van der Waals surface area contributed by atoms with Gasteiger partial charge in [-0.05, 0) is 85.7 Å². The highest BCUT2D eigenvalue weighted by molar-refractivity contribution is 5.91. The Morgan fingerprint density at radius 2 is 1.78 bits per heavy atom. The van der Waals surface area contributed by atoms with Gasteiger partial charge in [0.2, 0.25) is 0 Å². The van der Waals surface area contributed by atoms with Crippen LogP contribution in [0.4, 0.5) is 0 Å². The molecular weight excluding hydrogens is 288 g/mol. The molecule has 4 rings (SSSR count). The third kappa shape index (κ3) is 1.93. The summed E-state index contributed by atoms with van der Waals surface area (Å²) in [6.45, 7) is 6.56. The number of aliphatic hydroxyl groups is 2. The molecule has 0 radical (unpaired) electrons. The molecule has 23 heavy (non-hydrogen) atoms. The van der Waals surface area contributed by atoms with Crippen LogP contribution in [0.1, 0.15) is 65.7 Å². The Bertz CT molecular complexity index is 577. The predicted molar refractivity (Wildman–Crippen MR) is 88.7 cm³/mol. The molecule has 0 aliphatic heterocycles. The van der Waals surface area contributed by atoms with Gasteiger partial charge in [-0.3, -0.25) is 4.79 Å². The number of hydrogen-bond acceptors (Lipinski definition) is 3. The zero-order valence-corrected chi connectivity index (χ0v) is 14.6. The molecule has 2 N–H and O–H groups in total. The predicted octanol–water partition coefficient (Wildman–Crippen LogP) is 3.24. The van der Waals surface area contributed by atoms with Crippen LogP contribution in [0.25, 0.3) is 0 Å². The van der Waals surface area contributed by atoms with E-state index in [4.69, 9.17) is 0 Å². The second-order valence-corrected chi connectivity index (χ2v) is 9.38. The van der Waals surface area contributed by atoms with Gasteiger partial charge in [0, 0.05) is 6.42 Å². The van der Waals surface area contributed by atoms with Crippen LogP contribution in [0.15, 0.2) is 11.6 Å². The van der Waals surface area contributed by atoms with Crippen LogP contribution < -0.4 is 0 Å². The van der Waals surface area contributed by atoms with Gasteiger partial charge in [-0.2, -0.15) is 0 Å². The summed E-state index contributed by atoms with van der Waals surface area (Å²) >= 11 is 0. The van der Waals surface area contributed by atoms with Gasteiger partial charge in [-0.25, -0.2) is 0 Å². The van der Waals surface area contributed by atoms with Crippen LogP contribution >= 0.6 is 0 Å². The first-order valence-corrected chi connectivity index (χ1v) is 9.34. The molecule has 3 saturated carbocycles. The number of carbonyl (C=O) groups is 1. The van der Waals surface area contributed by atoms with Gasteiger partial charge in [0.05, 0.1) is 11.7 Å². The Hall–Kier alpha value is -0.670. The maximum Gasteiger partial charge on any atom is 0.155 e. The number of rotatable bonds is 0. The van der Waals surface area contributed by atoms with Crippen LogP contribution in [-0.2, 0) is 4.79 Å². The lowest BCUT2D eigenvalue weighted by Crippen LogP contribution is -2.56. The Labute approximate surface area is 139 Å². The topological polar surface area (TPSA) is 57.5 Å². The first kappa shape index (κ1) is 15.8. The molecule has 0 aromatic carbocycles. The molecule has 0 heterocycles. The maximum atomic E-state index is 11.9. The molecule has 0 aromatic heterocycles. The molecule has 0 saturated heterocycles. The Balaban J connectivity index is 1.74. The fraction of sp³-hybridized carbons (Fsp3) is 0.850. The van der Waals surface area contributed by atoms with Gasteiger partial charge in [0.15, 0.2) is 5.78 Å². The largest absolute Gasteiger partial charge is 0.390 e. The lowest BCUT2D eigenvalue weighted by Gasteiger charge is -2.59. The lowest BCUT2D eigenvalue weighted by molar-refractivity contribution is -0.132. The smallest absolute Gasteiger partial charge is 0.155 e. The number of hydrogen-bond donors (Lipinski definition) is 2. The van der Waals surface area contributed by atoms with Crippen LogP contribution in [0.3, 0.4) is 0 Å². The molecule has 3 heteroatoms. The summed E-state index contributed by atoms with van der Waals surface area (Å²) in [7, 11) is 0. The van der Waals surface area contributed by atoms with E-state index in [0.717, 1.165) is 44.1 Å². The fourth-order valence-electron chi connectivity index (χ4n) is 6.85. The molecule has 128 valence electrons. The number of fused-ring (bicyclic) bond motifs is 5. The summed E-state index contributed by atoms with van der Waals surface area (Å²) in [6.07, 6.45) is 7.70. The van der Waals surface area contributed by atoms with Crippen molar-refractivity contribution in [2.45, 2.75) is 77.4 Å². The van der Waals surface area contributed by atoms with Crippen molar-refractivity contribution in [2.75, 3.05) is 0 Å². The molecule has 0 spiro atoms. The highest BCUT2D eigenvalue weighted by Gasteiger charge is 2.63.